The van der Waals surface area contributed by atoms with Gasteiger partial charge in [-0.3, -0.25) is 9.69 Å². The van der Waals surface area contributed by atoms with Crippen molar-refractivity contribution < 1.29 is 18.0 Å². The number of halogens is 3. The zero-order chi connectivity index (χ0) is 12.5. The van der Waals surface area contributed by atoms with Crippen LogP contribution in [0.2, 0.25) is 0 Å². The molecule has 0 aliphatic rings. The second kappa shape index (κ2) is 4.03. The van der Waals surface area contributed by atoms with Crippen molar-refractivity contribution in [1.82, 2.24) is 4.90 Å². The summed E-state index contributed by atoms with van der Waals surface area (Å²) in [5.74, 6) is -1.16. The van der Waals surface area contributed by atoms with E-state index < -0.39 is 12.2 Å². The number of carbonyl (C=O) groups excluding carboxylic acids is 1. The van der Waals surface area contributed by atoms with Gasteiger partial charge in [0, 0.05) is 12.7 Å². The van der Waals surface area contributed by atoms with Crippen LogP contribution in [0.25, 0.3) is 0 Å². The summed E-state index contributed by atoms with van der Waals surface area (Å²) < 4.78 is 36.8. The van der Waals surface area contributed by atoms with Crippen LogP contribution in [0.15, 0.2) is 18.2 Å². The molecule has 0 bridgehead atoms. The first-order valence-corrected chi connectivity index (χ1v) is 4.44. The number of aryl methyl sites for hydroxylation is 1. The Balaban J connectivity index is 3.06. The number of rotatable bonds is 1. The largest absolute Gasteiger partial charge is 0.487 e. The molecule has 1 rings (SSSR count). The quantitative estimate of drug-likeness (QED) is 0.595. The standard InChI is InChI=1S/C10H11F3N2O/c1-6-3-4-7(8(14)5-6)9(16)15(2)10(11,12)13/h3-5H,14H2,1-2H3. The number of nitrogen functional groups attached to an aromatic ring is 1. The van der Waals surface area contributed by atoms with Crippen LogP contribution >= 0.6 is 0 Å². The third-order valence-corrected chi connectivity index (χ3v) is 2.12. The number of carbonyl (C=O) groups is 1. The van der Waals surface area contributed by atoms with E-state index in [0.717, 1.165) is 5.56 Å². The fourth-order valence-corrected chi connectivity index (χ4v) is 1.17. The Morgan fingerprint density at radius 3 is 2.38 bits per heavy atom. The lowest BCUT2D eigenvalue weighted by Gasteiger charge is -2.20. The van der Waals surface area contributed by atoms with Gasteiger partial charge in [-0.15, -0.1) is 13.2 Å². The zero-order valence-electron chi connectivity index (χ0n) is 8.80. The summed E-state index contributed by atoms with van der Waals surface area (Å²) >= 11 is 0. The first kappa shape index (κ1) is 12.4. The van der Waals surface area contributed by atoms with Crippen LogP contribution in [-0.4, -0.2) is 24.2 Å². The number of benzene rings is 1. The normalized spacial score (nSPS) is 11.3. The number of amides is 1. The summed E-state index contributed by atoms with van der Waals surface area (Å²) in [7, 11) is 0.668. The fraction of sp³-hybridized carbons (Fsp3) is 0.300. The minimum absolute atomic E-state index is 0.0427. The minimum Gasteiger partial charge on any atom is -0.398 e. The van der Waals surface area contributed by atoms with Crippen LogP contribution in [-0.2, 0) is 0 Å². The van der Waals surface area contributed by atoms with Crippen molar-refractivity contribution >= 4 is 11.6 Å². The molecule has 0 aliphatic carbocycles. The molecule has 0 spiro atoms. The van der Waals surface area contributed by atoms with E-state index in [1.165, 1.54) is 18.2 Å². The molecular formula is C10H11F3N2O. The topological polar surface area (TPSA) is 46.3 Å². The molecule has 0 aromatic heterocycles. The molecule has 0 saturated heterocycles. The predicted octanol–water partition coefficient (Wildman–Crippen LogP) is 2.17. The van der Waals surface area contributed by atoms with E-state index in [-0.39, 0.29) is 16.2 Å². The van der Waals surface area contributed by atoms with Crippen LogP contribution in [0.3, 0.4) is 0 Å². The smallest absolute Gasteiger partial charge is 0.398 e. The predicted molar refractivity (Wildman–Crippen MR) is 53.7 cm³/mol. The number of alkyl halides is 3. The Morgan fingerprint density at radius 2 is 1.94 bits per heavy atom. The van der Waals surface area contributed by atoms with Gasteiger partial charge in [0.05, 0.1) is 5.56 Å². The highest BCUT2D eigenvalue weighted by Crippen LogP contribution is 2.23. The highest BCUT2D eigenvalue weighted by atomic mass is 19.4. The number of hydrogen-bond acceptors (Lipinski definition) is 2. The van der Waals surface area contributed by atoms with Crippen molar-refractivity contribution in [3.63, 3.8) is 0 Å². The van der Waals surface area contributed by atoms with Gasteiger partial charge in [-0.1, -0.05) is 6.07 Å². The SMILES string of the molecule is Cc1ccc(C(=O)N(C)C(F)(F)F)c(N)c1. The molecule has 88 valence electrons. The molecule has 1 aromatic rings. The maximum atomic E-state index is 12.3. The van der Waals surface area contributed by atoms with Crippen molar-refractivity contribution in [2.24, 2.45) is 0 Å². The highest BCUT2D eigenvalue weighted by molar-refractivity contribution is 5.99. The molecule has 0 radical (unpaired) electrons. The van der Waals surface area contributed by atoms with E-state index in [0.29, 0.717) is 7.05 Å². The Hall–Kier alpha value is -1.72. The molecule has 0 aliphatic heterocycles. The van der Waals surface area contributed by atoms with Gasteiger partial charge in [0.15, 0.2) is 0 Å². The molecule has 1 amide bonds. The molecule has 16 heavy (non-hydrogen) atoms. The number of nitrogens with zero attached hydrogens (tertiary/aromatic N) is 1. The van der Waals surface area contributed by atoms with Gasteiger partial charge in [-0.25, -0.2) is 0 Å². The first-order valence-electron chi connectivity index (χ1n) is 4.44. The molecule has 6 heteroatoms. The fourth-order valence-electron chi connectivity index (χ4n) is 1.17. The lowest BCUT2D eigenvalue weighted by atomic mass is 10.1. The number of hydrogen-bond donors (Lipinski definition) is 1. The maximum absolute atomic E-state index is 12.3. The van der Waals surface area contributed by atoms with Crippen molar-refractivity contribution in [3.05, 3.63) is 29.3 Å². The molecule has 0 unspecified atom stereocenters. The molecular weight excluding hydrogens is 221 g/mol. The van der Waals surface area contributed by atoms with E-state index in [1.807, 2.05) is 0 Å². The number of anilines is 1. The van der Waals surface area contributed by atoms with Gasteiger partial charge in [0.2, 0.25) is 0 Å². The second-order valence-electron chi connectivity index (χ2n) is 3.42. The third-order valence-electron chi connectivity index (χ3n) is 2.12. The summed E-state index contributed by atoms with van der Waals surface area (Å²) in [6.07, 6.45) is -4.70. The Labute approximate surface area is 90.6 Å². The first-order chi connectivity index (χ1) is 7.23. The summed E-state index contributed by atoms with van der Waals surface area (Å²) in [5.41, 5.74) is 6.16. The van der Waals surface area contributed by atoms with Gasteiger partial charge < -0.3 is 5.73 Å². The molecule has 3 nitrogen and oxygen atoms in total. The number of nitrogens with two attached hydrogens (primary N) is 1. The van der Waals surface area contributed by atoms with E-state index in [2.05, 4.69) is 0 Å². The lowest BCUT2D eigenvalue weighted by Crippen LogP contribution is -2.39. The molecule has 0 fully saturated rings. The van der Waals surface area contributed by atoms with Gasteiger partial charge in [0.25, 0.3) is 5.91 Å². The molecule has 0 saturated carbocycles. The van der Waals surface area contributed by atoms with Crippen molar-refractivity contribution in [1.29, 1.82) is 0 Å². The summed E-state index contributed by atoms with van der Waals surface area (Å²) in [6.45, 7) is 1.73. The van der Waals surface area contributed by atoms with Gasteiger partial charge in [-0.05, 0) is 24.6 Å². The highest BCUT2D eigenvalue weighted by Gasteiger charge is 2.38. The van der Waals surface area contributed by atoms with Crippen molar-refractivity contribution in [2.75, 3.05) is 12.8 Å². The van der Waals surface area contributed by atoms with Crippen molar-refractivity contribution in [2.45, 2.75) is 13.2 Å². The van der Waals surface area contributed by atoms with Crippen LogP contribution < -0.4 is 5.73 Å². The van der Waals surface area contributed by atoms with E-state index in [1.54, 1.807) is 6.92 Å². The Kier molecular flexibility index (Phi) is 3.11. The van der Waals surface area contributed by atoms with Gasteiger partial charge in [0.1, 0.15) is 0 Å². The average molecular weight is 232 g/mol. The molecule has 2 N–H and O–H groups in total. The zero-order valence-corrected chi connectivity index (χ0v) is 8.80. The third kappa shape index (κ3) is 2.44. The van der Waals surface area contributed by atoms with E-state index in [9.17, 15) is 18.0 Å². The molecule has 1 aromatic carbocycles. The van der Waals surface area contributed by atoms with Crippen LogP contribution in [0.4, 0.5) is 18.9 Å². The van der Waals surface area contributed by atoms with Crippen LogP contribution in [0.1, 0.15) is 15.9 Å². The van der Waals surface area contributed by atoms with Crippen LogP contribution in [0.5, 0.6) is 0 Å². The minimum atomic E-state index is -4.70. The van der Waals surface area contributed by atoms with Gasteiger partial charge >= 0.3 is 6.30 Å². The lowest BCUT2D eigenvalue weighted by molar-refractivity contribution is -0.216. The Morgan fingerprint density at radius 1 is 1.38 bits per heavy atom. The second-order valence-corrected chi connectivity index (χ2v) is 3.42. The van der Waals surface area contributed by atoms with Crippen molar-refractivity contribution in [3.8, 4) is 0 Å². The average Bonchev–Trinajstić information content (AvgIpc) is 2.14. The van der Waals surface area contributed by atoms with Crippen LogP contribution in [0, 0.1) is 6.92 Å². The summed E-state index contributed by atoms with van der Waals surface area (Å²) in [4.78, 5) is 11.2. The van der Waals surface area contributed by atoms with Gasteiger partial charge in [-0.2, -0.15) is 0 Å². The monoisotopic (exact) mass is 232 g/mol. The Bertz CT molecular complexity index is 415. The summed E-state index contributed by atoms with van der Waals surface area (Å²) in [5, 5.41) is 0. The molecule has 0 heterocycles. The molecule has 0 atom stereocenters. The maximum Gasteiger partial charge on any atom is 0.487 e. The van der Waals surface area contributed by atoms with E-state index >= 15 is 0 Å². The van der Waals surface area contributed by atoms with E-state index in [4.69, 9.17) is 5.73 Å². The summed E-state index contributed by atoms with van der Waals surface area (Å²) in [6, 6.07) is 4.28.